The van der Waals surface area contributed by atoms with Gasteiger partial charge in [0.2, 0.25) is 0 Å². The first-order valence-corrected chi connectivity index (χ1v) is 7.33. The number of alkyl halides is 3. The van der Waals surface area contributed by atoms with Crippen molar-refractivity contribution in [2.75, 3.05) is 7.11 Å². The predicted octanol–water partition coefficient (Wildman–Crippen LogP) is 5.12. The molecule has 3 rings (SSSR count). The van der Waals surface area contributed by atoms with Crippen molar-refractivity contribution in [2.45, 2.75) is 6.18 Å². The number of methoxy groups -OCH3 is 1. The summed E-state index contributed by atoms with van der Waals surface area (Å²) >= 11 is 0. The number of halogens is 5. The van der Waals surface area contributed by atoms with Gasteiger partial charge in [0.25, 0.3) is 0 Å². The van der Waals surface area contributed by atoms with Crippen molar-refractivity contribution in [1.82, 2.24) is 9.97 Å². The highest BCUT2D eigenvalue weighted by Gasteiger charge is 2.30. The van der Waals surface area contributed by atoms with Crippen molar-refractivity contribution in [1.29, 1.82) is 0 Å². The van der Waals surface area contributed by atoms with Gasteiger partial charge < -0.3 is 4.74 Å². The average molecular weight is 366 g/mol. The van der Waals surface area contributed by atoms with E-state index in [9.17, 15) is 22.0 Å². The minimum Gasteiger partial charge on any atom is -0.493 e. The highest BCUT2D eigenvalue weighted by atomic mass is 19.4. The minimum atomic E-state index is -4.53. The van der Waals surface area contributed by atoms with Crippen molar-refractivity contribution in [2.24, 2.45) is 0 Å². The molecule has 1 aromatic heterocycles. The highest BCUT2D eigenvalue weighted by Crippen LogP contribution is 2.35. The normalized spacial score (nSPS) is 11.5. The van der Waals surface area contributed by atoms with Crippen molar-refractivity contribution in [3.05, 3.63) is 65.9 Å². The molecule has 0 N–H and O–H groups in total. The zero-order valence-corrected chi connectivity index (χ0v) is 13.3. The summed E-state index contributed by atoms with van der Waals surface area (Å²) in [5, 5.41) is 0. The van der Waals surface area contributed by atoms with Crippen LogP contribution >= 0.6 is 0 Å². The molecule has 26 heavy (non-hydrogen) atoms. The molecule has 2 aromatic carbocycles. The zero-order chi connectivity index (χ0) is 18.9. The third-order valence-corrected chi connectivity index (χ3v) is 3.61. The fourth-order valence-electron chi connectivity index (χ4n) is 2.37. The predicted molar refractivity (Wildman–Crippen MR) is 84.4 cm³/mol. The number of aromatic nitrogens is 2. The second kappa shape index (κ2) is 6.70. The van der Waals surface area contributed by atoms with Crippen LogP contribution < -0.4 is 4.74 Å². The smallest absolute Gasteiger partial charge is 0.416 e. The number of rotatable bonds is 3. The van der Waals surface area contributed by atoms with Crippen LogP contribution in [0.2, 0.25) is 0 Å². The Morgan fingerprint density at radius 3 is 2.42 bits per heavy atom. The third kappa shape index (κ3) is 3.49. The Kier molecular flexibility index (Phi) is 4.58. The van der Waals surface area contributed by atoms with Crippen LogP contribution in [0, 0.1) is 11.6 Å². The fraction of sp³-hybridized carbons (Fsp3) is 0.111. The number of hydrogen-bond acceptors (Lipinski definition) is 3. The van der Waals surface area contributed by atoms with Gasteiger partial charge in [0, 0.05) is 11.6 Å². The van der Waals surface area contributed by atoms with E-state index in [-0.39, 0.29) is 28.4 Å². The van der Waals surface area contributed by atoms with Gasteiger partial charge in [-0.2, -0.15) is 13.2 Å². The van der Waals surface area contributed by atoms with E-state index in [0.717, 1.165) is 24.3 Å². The van der Waals surface area contributed by atoms with Gasteiger partial charge in [-0.25, -0.2) is 18.7 Å². The molecular formula is C18H11F5N2O. The Bertz CT molecular complexity index is 957. The molecule has 134 valence electrons. The molecule has 0 amide bonds. The molecule has 0 bridgehead atoms. The van der Waals surface area contributed by atoms with E-state index in [1.54, 1.807) is 0 Å². The summed E-state index contributed by atoms with van der Waals surface area (Å²) < 4.78 is 71.0. The second-order valence-corrected chi connectivity index (χ2v) is 5.31. The SMILES string of the molecule is COc1cnc(-c2ccc(F)cc2F)nc1-c1cccc(C(F)(F)F)c1. The molecule has 0 fully saturated rings. The molecular weight excluding hydrogens is 355 g/mol. The van der Waals surface area contributed by atoms with Crippen LogP contribution in [-0.2, 0) is 6.18 Å². The highest BCUT2D eigenvalue weighted by molar-refractivity contribution is 5.69. The van der Waals surface area contributed by atoms with Gasteiger partial charge in [0.1, 0.15) is 17.3 Å². The van der Waals surface area contributed by atoms with Gasteiger partial charge in [0.15, 0.2) is 11.6 Å². The molecule has 0 unspecified atom stereocenters. The number of benzene rings is 2. The van der Waals surface area contributed by atoms with E-state index in [0.29, 0.717) is 6.07 Å². The lowest BCUT2D eigenvalue weighted by Gasteiger charge is -2.12. The third-order valence-electron chi connectivity index (χ3n) is 3.61. The summed E-state index contributed by atoms with van der Waals surface area (Å²) in [6, 6.07) is 7.36. The molecule has 0 radical (unpaired) electrons. The van der Waals surface area contributed by atoms with E-state index in [1.165, 1.54) is 25.4 Å². The van der Waals surface area contributed by atoms with Gasteiger partial charge in [0.05, 0.1) is 24.4 Å². The summed E-state index contributed by atoms with van der Waals surface area (Å²) in [5.74, 6) is -1.63. The van der Waals surface area contributed by atoms with Crippen LogP contribution in [-0.4, -0.2) is 17.1 Å². The van der Waals surface area contributed by atoms with Gasteiger partial charge in [-0.15, -0.1) is 0 Å². The first kappa shape index (κ1) is 17.8. The van der Waals surface area contributed by atoms with E-state index < -0.39 is 23.4 Å². The molecule has 0 atom stereocenters. The molecule has 3 aromatic rings. The first-order chi connectivity index (χ1) is 12.3. The summed E-state index contributed by atoms with van der Waals surface area (Å²) in [5.41, 5.74) is -0.748. The van der Waals surface area contributed by atoms with Gasteiger partial charge in [-0.1, -0.05) is 12.1 Å². The van der Waals surface area contributed by atoms with E-state index >= 15 is 0 Å². The number of ether oxygens (including phenoxy) is 1. The largest absolute Gasteiger partial charge is 0.493 e. The Morgan fingerprint density at radius 1 is 1.00 bits per heavy atom. The van der Waals surface area contributed by atoms with Crippen LogP contribution in [0.3, 0.4) is 0 Å². The number of hydrogen-bond donors (Lipinski definition) is 0. The zero-order valence-electron chi connectivity index (χ0n) is 13.3. The van der Waals surface area contributed by atoms with Crippen LogP contribution in [0.1, 0.15) is 5.56 Å². The molecule has 0 aliphatic rings. The Labute approximate surface area is 145 Å². The molecule has 3 nitrogen and oxygen atoms in total. The fourth-order valence-corrected chi connectivity index (χ4v) is 2.37. The van der Waals surface area contributed by atoms with Crippen molar-refractivity contribution in [3.8, 4) is 28.4 Å². The Hall–Kier alpha value is -3.03. The minimum absolute atomic E-state index is 0.0623. The van der Waals surface area contributed by atoms with Gasteiger partial charge >= 0.3 is 6.18 Å². The van der Waals surface area contributed by atoms with Crippen molar-refractivity contribution < 1.29 is 26.7 Å². The second-order valence-electron chi connectivity index (χ2n) is 5.31. The molecule has 1 heterocycles. The van der Waals surface area contributed by atoms with E-state index in [4.69, 9.17) is 4.74 Å². The maximum atomic E-state index is 14.0. The molecule has 0 spiro atoms. The molecule has 0 saturated carbocycles. The summed E-state index contributed by atoms with van der Waals surface area (Å²) in [4.78, 5) is 8.08. The standard InChI is InChI=1S/C18H11F5N2O/c1-26-15-9-24-17(13-6-5-12(19)8-14(13)20)25-16(15)10-3-2-4-11(7-10)18(21,22)23/h2-9H,1H3. The average Bonchev–Trinajstić information content (AvgIpc) is 2.60. The first-order valence-electron chi connectivity index (χ1n) is 7.33. The molecule has 8 heteroatoms. The van der Waals surface area contributed by atoms with Crippen LogP contribution in [0.15, 0.2) is 48.7 Å². The van der Waals surface area contributed by atoms with E-state index in [2.05, 4.69) is 9.97 Å². The van der Waals surface area contributed by atoms with Crippen LogP contribution in [0.25, 0.3) is 22.6 Å². The summed E-state index contributed by atoms with van der Waals surface area (Å²) in [6.07, 6.45) is -3.30. The topological polar surface area (TPSA) is 35.0 Å². The molecule has 0 aliphatic carbocycles. The van der Waals surface area contributed by atoms with Crippen molar-refractivity contribution in [3.63, 3.8) is 0 Å². The summed E-state index contributed by atoms with van der Waals surface area (Å²) in [6.45, 7) is 0. The maximum Gasteiger partial charge on any atom is 0.416 e. The van der Waals surface area contributed by atoms with Crippen molar-refractivity contribution >= 4 is 0 Å². The summed E-state index contributed by atoms with van der Waals surface area (Å²) in [7, 11) is 1.31. The van der Waals surface area contributed by atoms with Gasteiger partial charge in [-0.3, -0.25) is 0 Å². The Balaban J connectivity index is 2.15. The van der Waals surface area contributed by atoms with Crippen LogP contribution in [0.5, 0.6) is 5.75 Å². The lowest BCUT2D eigenvalue weighted by Crippen LogP contribution is -2.05. The maximum absolute atomic E-state index is 14.0. The Morgan fingerprint density at radius 2 is 1.77 bits per heavy atom. The number of nitrogens with zero attached hydrogens (tertiary/aromatic N) is 2. The lowest BCUT2D eigenvalue weighted by atomic mass is 10.1. The quantitative estimate of drug-likeness (QED) is 0.604. The van der Waals surface area contributed by atoms with E-state index in [1.807, 2.05) is 0 Å². The van der Waals surface area contributed by atoms with Crippen LogP contribution in [0.4, 0.5) is 22.0 Å². The molecule has 0 saturated heterocycles. The monoisotopic (exact) mass is 366 g/mol. The molecule has 0 aliphatic heterocycles. The lowest BCUT2D eigenvalue weighted by molar-refractivity contribution is -0.137. The van der Waals surface area contributed by atoms with Gasteiger partial charge in [-0.05, 0) is 24.3 Å².